The summed E-state index contributed by atoms with van der Waals surface area (Å²) < 4.78 is 0. The Morgan fingerprint density at radius 2 is 2.09 bits per heavy atom. The highest BCUT2D eigenvalue weighted by Crippen LogP contribution is 1.84. The van der Waals surface area contributed by atoms with Crippen LogP contribution in [0.25, 0.3) is 0 Å². The lowest BCUT2D eigenvalue weighted by Crippen LogP contribution is -2.11. The highest BCUT2D eigenvalue weighted by atomic mass is 28.2. The molecule has 11 heavy (non-hydrogen) atoms. The second-order valence-electron chi connectivity index (χ2n) is 2.16. The van der Waals surface area contributed by atoms with Crippen molar-refractivity contribution < 1.29 is 0 Å². The van der Waals surface area contributed by atoms with Crippen molar-refractivity contribution >= 4 is 14.7 Å². The summed E-state index contributed by atoms with van der Waals surface area (Å²) in [5, 5.41) is 1.40. The van der Waals surface area contributed by atoms with Gasteiger partial charge in [-0.1, -0.05) is 42.1 Å². The zero-order chi connectivity index (χ0) is 7.94. The van der Waals surface area contributed by atoms with E-state index in [2.05, 4.69) is 36.6 Å². The fraction of sp³-hybridized carbons (Fsp3) is 0.100. The Balaban J connectivity index is 2.45. The van der Waals surface area contributed by atoms with E-state index in [4.69, 9.17) is 0 Å². The number of allylic oxidation sites excluding steroid dienone is 1. The summed E-state index contributed by atoms with van der Waals surface area (Å²) in [6, 6.07) is 11.5. The molecule has 0 heterocycles. The number of hydrogen-bond acceptors (Lipinski definition) is 0. The predicted molar refractivity (Wildman–Crippen MR) is 50.3 cm³/mol. The summed E-state index contributed by atoms with van der Waals surface area (Å²) in [5.74, 6) is 0. The minimum atomic E-state index is 0.853. The van der Waals surface area contributed by atoms with Gasteiger partial charge in [0.05, 0.1) is 9.52 Å². The van der Waals surface area contributed by atoms with Crippen molar-refractivity contribution in [1.29, 1.82) is 0 Å². The Morgan fingerprint density at radius 3 is 2.73 bits per heavy atom. The molecular formula is C10H10Si. The lowest BCUT2D eigenvalue weighted by Gasteiger charge is -1.93. The summed E-state index contributed by atoms with van der Waals surface area (Å²) in [6.45, 7) is 3.52. The van der Waals surface area contributed by atoms with Gasteiger partial charge in [-0.15, -0.1) is 5.73 Å². The third-order valence-electron chi connectivity index (χ3n) is 1.33. The number of benzene rings is 1. The Hall–Kier alpha value is -1.04. The Bertz CT molecular complexity index is 245. The molecule has 1 rings (SSSR count). The van der Waals surface area contributed by atoms with Crippen molar-refractivity contribution in [3.63, 3.8) is 0 Å². The zero-order valence-corrected chi connectivity index (χ0v) is 7.38. The van der Waals surface area contributed by atoms with Crippen molar-refractivity contribution in [3.05, 3.63) is 48.7 Å². The summed E-state index contributed by atoms with van der Waals surface area (Å²) in [5.41, 5.74) is 2.77. The standard InChI is InChI=1S/C10H10Si/c1-2-3-9-11-10-7-5-4-6-8-10/h3-8H,1,9H2. The first kappa shape index (κ1) is 8.06. The van der Waals surface area contributed by atoms with Crippen molar-refractivity contribution in [2.75, 3.05) is 0 Å². The van der Waals surface area contributed by atoms with Crippen molar-refractivity contribution in [2.24, 2.45) is 0 Å². The van der Waals surface area contributed by atoms with Crippen molar-refractivity contribution in [3.8, 4) is 0 Å². The molecule has 0 N–H and O–H groups in total. The van der Waals surface area contributed by atoms with Crippen LogP contribution in [0, 0.1) is 0 Å². The predicted octanol–water partition coefficient (Wildman–Crippen LogP) is 1.78. The Morgan fingerprint density at radius 1 is 1.36 bits per heavy atom. The van der Waals surface area contributed by atoms with Crippen LogP contribution in [-0.4, -0.2) is 9.52 Å². The van der Waals surface area contributed by atoms with E-state index >= 15 is 0 Å². The summed E-state index contributed by atoms with van der Waals surface area (Å²) in [4.78, 5) is 0. The van der Waals surface area contributed by atoms with E-state index in [0.29, 0.717) is 0 Å². The largest absolute Gasteiger partial charge is 0.133 e. The summed E-state index contributed by atoms with van der Waals surface area (Å²) in [6.07, 6.45) is 1.98. The molecule has 1 aromatic carbocycles. The second-order valence-corrected chi connectivity index (χ2v) is 3.49. The average molecular weight is 158 g/mol. The van der Waals surface area contributed by atoms with Crippen LogP contribution >= 0.6 is 0 Å². The maximum atomic E-state index is 3.52. The molecule has 0 aliphatic carbocycles. The van der Waals surface area contributed by atoms with E-state index < -0.39 is 0 Å². The molecule has 2 radical (unpaired) electrons. The van der Waals surface area contributed by atoms with Crippen LogP contribution in [0.1, 0.15) is 0 Å². The highest BCUT2D eigenvalue weighted by molar-refractivity contribution is 6.53. The molecule has 0 nitrogen and oxygen atoms in total. The monoisotopic (exact) mass is 158 g/mol. The van der Waals surface area contributed by atoms with Crippen molar-refractivity contribution in [2.45, 2.75) is 6.04 Å². The van der Waals surface area contributed by atoms with Gasteiger partial charge < -0.3 is 0 Å². The lowest BCUT2D eigenvalue weighted by atomic mass is 10.4. The van der Waals surface area contributed by atoms with Crippen LogP contribution < -0.4 is 5.19 Å². The van der Waals surface area contributed by atoms with E-state index in [1.54, 1.807) is 0 Å². The minimum Gasteiger partial charge on any atom is -0.133 e. The van der Waals surface area contributed by atoms with Crippen LogP contribution in [0.5, 0.6) is 0 Å². The van der Waals surface area contributed by atoms with Gasteiger partial charge in [0.2, 0.25) is 0 Å². The molecule has 1 aromatic rings. The molecule has 0 bridgehead atoms. The van der Waals surface area contributed by atoms with Gasteiger partial charge in [0.15, 0.2) is 0 Å². The van der Waals surface area contributed by atoms with Gasteiger partial charge in [-0.05, 0) is 12.1 Å². The molecule has 0 atom stereocenters. The van der Waals surface area contributed by atoms with E-state index in [-0.39, 0.29) is 0 Å². The topological polar surface area (TPSA) is 0 Å². The molecule has 0 amide bonds. The van der Waals surface area contributed by atoms with Crippen LogP contribution in [-0.2, 0) is 0 Å². The van der Waals surface area contributed by atoms with Crippen LogP contribution in [0.2, 0.25) is 6.04 Å². The first-order valence-electron chi connectivity index (χ1n) is 3.56. The molecule has 54 valence electrons. The average Bonchev–Trinajstić information content (AvgIpc) is 2.07. The van der Waals surface area contributed by atoms with Gasteiger partial charge in [-0.3, -0.25) is 0 Å². The molecule has 1 heteroatoms. The fourth-order valence-corrected chi connectivity index (χ4v) is 1.71. The van der Waals surface area contributed by atoms with Crippen molar-refractivity contribution in [1.82, 2.24) is 0 Å². The van der Waals surface area contributed by atoms with Crippen LogP contribution in [0.3, 0.4) is 0 Å². The molecule has 0 saturated carbocycles. The van der Waals surface area contributed by atoms with Gasteiger partial charge in [0.25, 0.3) is 0 Å². The van der Waals surface area contributed by atoms with E-state index in [1.807, 2.05) is 12.1 Å². The Kier molecular flexibility index (Phi) is 3.46. The maximum Gasteiger partial charge on any atom is 0.0855 e. The second kappa shape index (κ2) is 4.72. The highest BCUT2D eigenvalue weighted by Gasteiger charge is 1.88. The lowest BCUT2D eigenvalue weighted by molar-refractivity contribution is 1.69. The van der Waals surface area contributed by atoms with E-state index in [9.17, 15) is 0 Å². The third kappa shape index (κ3) is 3.03. The molecule has 0 aliphatic rings. The molecule has 0 aromatic heterocycles. The van der Waals surface area contributed by atoms with Gasteiger partial charge in [0.1, 0.15) is 0 Å². The summed E-state index contributed by atoms with van der Waals surface area (Å²) >= 11 is 0. The molecule has 0 fully saturated rings. The quantitative estimate of drug-likeness (QED) is 0.464. The summed E-state index contributed by atoms with van der Waals surface area (Å²) in [7, 11) is 0.853. The number of hydrogen-bond donors (Lipinski definition) is 0. The molecule has 0 saturated heterocycles. The molecule has 0 unspecified atom stereocenters. The van der Waals surface area contributed by atoms with E-state index in [1.165, 1.54) is 5.19 Å². The zero-order valence-electron chi connectivity index (χ0n) is 6.38. The van der Waals surface area contributed by atoms with Gasteiger partial charge in [0, 0.05) is 0 Å². The number of rotatable bonds is 3. The third-order valence-corrected chi connectivity index (χ3v) is 2.48. The van der Waals surface area contributed by atoms with Crippen LogP contribution in [0.4, 0.5) is 0 Å². The fourth-order valence-electron chi connectivity index (χ4n) is 0.797. The van der Waals surface area contributed by atoms with Crippen LogP contribution in [0.15, 0.2) is 48.7 Å². The van der Waals surface area contributed by atoms with Gasteiger partial charge in [-0.2, -0.15) is 0 Å². The van der Waals surface area contributed by atoms with Gasteiger partial charge in [-0.25, -0.2) is 0 Å². The molecular weight excluding hydrogens is 148 g/mol. The van der Waals surface area contributed by atoms with Gasteiger partial charge >= 0.3 is 0 Å². The minimum absolute atomic E-state index is 0.853. The maximum absolute atomic E-state index is 3.52. The first-order chi connectivity index (χ1) is 5.43. The normalized spacial score (nSPS) is 8.73. The first-order valence-corrected chi connectivity index (χ1v) is 4.77. The smallest absolute Gasteiger partial charge is 0.0855 e. The Labute approximate surface area is 70.1 Å². The van der Waals surface area contributed by atoms with E-state index in [0.717, 1.165) is 15.6 Å². The SMILES string of the molecule is C=C=CC[Si]c1ccccc1. The molecule has 0 aliphatic heterocycles. The molecule has 0 spiro atoms.